The number of anilines is 1. The average molecular weight is 296 g/mol. The summed E-state index contributed by atoms with van der Waals surface area (Å²) in [4.78, 5) is 12.5. The van der Waals surface area contributed by atoms with E-state index in [0.29, 0.717) is 29.4 Å². The second-order valence-corrected chi connectivity index (χ2v) is 4.42. The Hall–Kier alpha value is -3.00. The number of amides is 1. The zero-order chi connectivity index (χ0) is 15.9. The number of hydrogen-bond acceptors (Lipinski definition) is 4. The van der Waals surface area contributed by atoms with E-state index in [2.05, 4.69) is 5.32 Å². The van der Waals surface area contributed by atoms with Gasteiger partial charge >= 0.3 is 0 Å². The number of hydrogen-bond donors (Lipinski definition) is 1. The smallest absolute Gasteiger partial charge is 0.259 e. The van der Waals surface area contributed by atoms with E-state index < -0.39 is 0 Å². The summed E-state index contributed by atoms with van der Waals surface area (Å²) in [6.45, 7) is 2.20. The van der Waals surface area contributed by atoms with Crippen molar-refractivity contribution in [2.45, 2.75) is 6.92 Å². The molecule has 0 unspecified atom stereocenters. The molecule has 0 aliphatic rings. The molecule has 0 saturated heterocycles. The Morgan fingerprint density at radius 1 is 1.27 bits per heavy atom. The second-order valence-electron chi connectivity index (χ2n) is 4.42. The van der Waals surface area contributed by atoms with Gasteiger partial charge in [-0.05, 0) is 25.1 Å². The van der Waals surface area contributed by atoms with Gasteiger partial charge in [-0.3, -0.25) is 4.79 Å². The highest BCUT2D eigenvalue weighted by Crippen LogP contribution is 2.33. The molecule has 1 N–H and O–H groups in total. The molecule has 0 saturated carbocycles. The van der Waals surface area contributed by atoms with E-state index in [9.17, 15) is 4.79 Å². The van der Waals surface area contributed by atoms with Gasteiger partial charge in [0.05, 0.1) is 30.9 Å². The topological polar surface area (TPSA) is 71.3 Å². The summed E-state index contributed by atoms with van der Waals surface area (Å²) >= 11 is 0. The van der Waals surface area contributed by atoms with E-state index in [0.717, 1.165) is 0 Å². The third-order valence-electron chi connectivity index (χ3n) is 2.97. The molecule has 0 radical (unpaired) electrons. The first-order chi connectivity index (χ1) is 10.7. The molecular formula is C17H16N2O3. The lowest BCUT2D eigenvalue weighted by molar-refractivity contribution is 0.102. The van der Waals surface area contributed by atoms with Crippen LogP contribution in [-0.4, -0.2) is 19.6 Å². The van der Waals surface area contributed by atoms with Crippen molar-refractivity contribution in [3.05, 3.63) is 53.6 Å². The predicted octanol–water partition coefficient (Wildman–Crippen LogP) is 3.22. The minimum absolute atomic E-state index is 0.265. The minimum Gasteiger partial charge on any atom is -0.493 e. The fourth-order valence-electron chi connectivity index (χ4n) is 2.00. The number of nitrogens with one attached hydrogen (secondary N) is 1. The van der Waals surface area contributed by atoms with Gasteiger partial charge in [0, 0.05) is 11.8 Å². The van der Waals surface area contributed by atoms with Crippen molar-refractivity contribution in [1.29, 1.82) is 5.26 Å². The van der Waals surface area contributed by atoms with Crippen molar-refractivity contribution in [1.82, 2.24) is 0 Å². The standard InChI is InChI=1S/C17H16N2O3/c1-3-22-16-14(9-12(11-18)10-15(16)21-2)17(20)19-13-7-5-4-6-8-13/h4-10H,3H2,1-2H3,(H,19,20). The highest BCUT2D eigenvalue weighted by atomic mass is 16.5. The molecule has 0 heterocycles. The average Bonchev–Trinajstić information content (AvgIpc) is 2.56. The lowest BCUT2D eigenvalue weighted by atomic mass is 10.1. The van der Waals surface area contributed by atoms with Crippen molar-refractivity contribution in [2.75, 3.05) is 19.0 Å². The van der Waals surface area contributed by atoms with E-state index in [4.69, 9.17) is 14.7 Å². The number of ether oxygens (including phenoxy) is 2. The summed E-state index contributed by atoms with van der Waals surface area (Å²) in [6, 6.07) is 14.1. The monoisotopic (exact) mass is 296 g/mol. The molecule has 0 fully saturated rings. The Bertz CT molecular complexity index is 706. The molecule has 0 aromatic heterocycles. The quantitative estimate of drug-likeness (QED) is 0.919. The van der Waals surface area contributed by atoms with Crippen LogP contribution in [0, 0.1) is 11.3 Å². The summed E-state index contributed by atoms with van der Waals surface area (Å²) < 4.78 is 10.7. The molecule has 112 valence electrons. The fraction of sp³-hybridized carbons (Fsp3) is 0.176. The summed E-state index contributed by atoms with van der Waals surface area (Å²) in [5.74, 6) is 0.335. The van der Waals surface area contributed by atoms with Gasteiger partial charge in [0.15, 0.2) is 11.5 Å². The SMILES string of the molecule is CCOc1c(OC)cc(C#N)cc1C(=O)Nc1ccccc1. The molecule has 0 spiro atoms. The number of rotatable bonds is 5. The van der Waals surface area contributed by atoms with E-state index >= 15 is 0 Å². The Balaban J connectivity index is 2.43. The fourth-order valence-corrected chi connectivity index (χ4v) is 2.00. The second kappa shape index (κ2) is 7.14. The summed E-state index contributed by atoms with van der Waals surface area (Å²) in [7, 11) is 1.47. The van der Waals surface area contributed by atoms with Gasteiger partial charge in [-0.25, -0.2) is 0 Å². The maximum atomic E-state index is 12.5. The maximum Gasteiger partial charge on any atom is 0.259 e. The van der Waals surface area contributed by atoms with Crippen LogP contribution in [0.25, 0.3) is 0 Å². The van der Waals surface area contributed by atoms with Gasteiger partial charge < -0.3 is 14.8 Å². The van der Waals surface area contributed by atoms with Crippen molar-refractivity contribution in [2.24, 2.45) is 0 Å². The molecule has 5 heteroatoms. The largest absolute Gasteiger partial charge is 0.493 e. The van der Waals surface area contributed by atoms with Crippen molar-refractivity contribution in [3.63, 3.8) is 0 Å². The molecule has 2 rings (SSSR count). The summed E-state index contributed by atoms with van der Waals surface area (Å²) in [6.07, 6.45) is 0. The minimum atomic E-state index is -0.356. The van der Waals surface area contributed by atoms with E-state index in [1.807, 2.05) is 31.2 Å². The third kappa shape index (κ3) is 3.36. The molecule has 5 nitrogen and oxygen atoms in total. The number of nitriles is 1. The highest BCUT2D eigenvalue weighted by Gasteiger charge is 2.19. The lowest BCUT2D eigenvalue weighted by Crippen LogP contribution is -2.14. The Morgan fingerprint density at radius 2 is 2.00 bits per heavy atom. The van der Waals surface area contributed by atoms with Crippen LogP contribution in [0.2, 0.25) is 0 Å². The summed E-state index contributed by atoms with van der Waals surface area (Å²) in [5, 5.41) is 11.9. The van der Waals surface area contributed by atoms with Crippen molar-refractivity contribution < 1.29 is 14.3 Å². The number of benzene rings is 2. The van der Waals surface area contributed by atoms with Gasteiger partial charge in [0.2, 0.25) is 0 Å². The van der Waals surface area contributed by atoms with Crippen molar-refractivity contribution in [3.8, 4) is 17.6 Å². The van der Waals surface area contributed by atoms with E-state index in [1.54, 1.807) is 18.2 Å². The molecule has 0 aliphatic carbocycles. The Labute approximate surface area is 129 Å². The first-order valence-electron chi connectivity index (χ1n) is 6.81. The van der Waals surface area contributed by atoms with Gasteiger partial charge in [-0.15, -0.1) is 0 Å². The van der Waals surface area contributed by atoms with Gasteiger partial charge in [0.25, 0.3) is 5.91 Å². The number of methoxy groups -OCH3 is 1. The van der Waals surface area contributed by atoms with Crippen molar-refractivity contribution >= 4 is 11.6 Å². The highest BCUT2D eigenvalue weighted by molar-refractivity contribution is 6.07. The normalized spacial score (nSPS) is 9.68. The zero-order valence-electron chi connectivity index (χ0n) is 12.4. The number of nitrogens with zero attached hydrogens (tertiary/aromatic N) is 1. The van der Waals surface area contributed by atoms with Crippen LogP contribution in [0.4, 0.5) is 5.69 Å². The maximum absolute atomic E-state index is 12.5. The van der Waals surface area contributed by atoms with E-state index in [-0.39, 0.29) is 11.5 Å². The number of carbonyl (C=O) groups is 1. The molecule has 1 amide bonds. The van der Waals surface area contributed by atoms with E-state index in [1.165, 1.54) is 13.2 Å². The molecule has 0 atom stereocenters. The van der Waals surface area contributed by atoms with Gasteiger partial charge in [-0.2, -0.15) is 5.26 Å². The third-order valence-corrected chi connectivity index (χ3v) is 2.97. The van der Waals surface area contributed by atoms with Gasteiger partial charge in [0.1, 0.15) is 0 Å². The van der Waals surface area contributed by atoms with Crippen LogP contribution in [0.5, 0.6) is 11.5 Å². The first-order valence-corrected chi connectivity index (χ1v) is 6.81. The summed E-state index contributed by atoms with van der Waals surface area (Å²) in [5.41, 5.74) is 1.26. The molecule has 2 aromatic carbocycles. The molecule has 0 aliphatic heterocycles. The molecule has 22 heavy (non-hydrogen) atoms. The molecular weight excluding hydrogens is 280 g/mol. The molecule has 2 aromatic rings. The lowest BCUT2D eigenvalue weighted by Gasteiger charge is -2.14. The van der Waals surface area contributed by atoms with Crippen LogP contribution in [0.3, 0.4) is 0 Å². The van der Waals surface area contributed by atoms with Crippen LogP contribution >= 0.6 is 0 Å². The van der Waals surface area contributed by atoms with Crippen LogP contribution < -0.4 is 14.8 Å². The zero-order valence-corrected chi connectivity index (χ0v) is 12.4. The van der Waals surface area contributed by atoms with Crippen LogP contribution in [0.15, 0.2) is 42.5 Å². The number of carbonyl (C=O) groups excluding carboxylic acids is 1. The van der Waals surface area contributed by atoms with Crippen LogP contribution in [-0.2, 0) is 0 Å². The Kier molecular flexibility index (Phi) is 4.99. The van der Waals surface area contributed by atoms with Gasteiger partial charge in [-0.1, -0.05) is 18.2 Å². The Morgan fingerprint density at radius 3 is 2.59 bits per heavy atom. The first kappa shape index (κ1) is 15.4. The number of para-hydroxylation sites is 1. The van der Waals surface area contributed by atoms with Crippen LogP contribution in [0.1, 0.15) is 22.8 Å². The molecule has 0 bridgehead atoms. The predicted molar refractivity (Wildman–Crippen MR) is 83.3 cm³/mol.